The number of hydrogen-bond acceptors (Lipinski definition) is 5. The molecule has 1 aliphatic heterocycles. The Balaban J connectivity index is 1.66. The van der Waals surface area contributed by atoms with Crippen LogP contribution >= 0.6 is 11.3 Å². The Labute approximate surface area is 121 Å². The van der Waals surface area contributed by atoms with E-state index in [4.69, 9.17) is 0 Å². The number of hydrogen-bond donors (Lipinski definition) is 0. The molecule has 20 heavy (non-hydrogen) atoms. The van der Waals surface area contributed by atoms with Gasteiger partial charge in [0.15, 0.2) is 0 Å². The van der Waals surface area contributed by atoms with Gasteiger partial charge in [-0.05, 0) is 24.7 Å². The summed E-state index contributed by atoms with van der Waals surface area (Å²) >= 11 is 1.63. The monoisotopic (exact) mass is 292 g/mol. The van der Waals surface area contributed by atoms with Gasteiger partial charge in [-0.1, -0.05) is 23.5 Å². The zero-order valence-corrected chi connectivity index (χ0v) is 12.2. The molecule has 1 saturated heterocycles. The van der Waals surface area contributed by atoms with Crippen LogP contribution in [0, 0.1) is 5.82 Å². The van der Waals surface area contributed by atoms with E-state index >= 15 is 0 Å². The predicted molar refractivity (Wildman–Crippen MR) is 78.8 cm³/mol. The highest BCUT2D eigenvalue weighted by Crippen LogP contribution is 2.23. The van der Waals surface area contributed by atoms with Crippen LogP contribution in [0.2, 0.25) is 0 Å². The third-order valence-corrected chi connectivity index (χ3v) is 4.48. The van der Waals surface area contributed by atoms with Crippen LogP contribution in [0.5, 0.6) is 0 Å². The summed E-state index contributed by atoms with van der Waals surface area (Å²) in [6.45, 7) is 4.13. The molecule has 1 aliphatic rings. The van der Waals surface area contributed by atoms with Gasteiger partial charge < -0.3 is 9.80 Å². The lowest BCUT2D eigenvalue weighted by Crippen LogP contribution is -2.44. The van der Waals surface area contributed by atoms with Crippen molar-refractivity contribution in [3.63, 3.8) is 0 Å². The summed E-state index contributed by atoms with van der Waals surface area (Å²) in [5, 5.41) is 10.5. The zero-order chi connectivity index (χ0) is 13.9. The van der Waals surface area contributed by atoms with Crippen molar-refractivity contribution in [3.05, 3.63) is 40.7 Å². The van der Waals surface area contributed by atoms with Crippen LogP contribution in [0.15, 0.2) is 24.3 Å². The first-order chi connectivity index (χ1) is 9.70. The molecule has 0 aliphatic carbocycles. The summed E-state index contributed by atoms with van der Waals surface area (Å²) in [7, 11) is 2.14. The van der Waals surface area contributed by atoms with E-state index in [1.54, 1.807) is 23.5 Å². The number of rotatable bonds is 3. The maximum atomic E-state index is 12.9. The van der Waals surface area contributed by atoms with Crippen molar-refractivity contribution >= 4 is 16.5 Å². The molecule has 6 heteroatoms. The maximum Gasteiger partial charge on any atom is 0.208 e. The summed E-state index contributed by atoms with van der Waals surface area (Å²) in [4.78, 5) is 4.60. The highest BCUT2D eigenvalue weighted by molar-refractivity contribution is 7.15. The van der Waals surface area contributed by atoms with Crippen LogP contribution < -0.4 is 4.90 Å². The molecule has 0 bridgehead atoms. The fraction of sp³-hybridized carbons (Fsp3) is 0.429. The van der Waals surface area contributed by atoms with Gasteiger partial charge >= 0.3 is 0 Å². The first kappa shape index (κ1) is 13.5. The van der Waals surface area contributed by atoms with E-state index in [0.717, 1.165) is 41.9 Å². The van der Waals surface area contributed by atoms with Gasteiger partial charge in [0.25, 0.3) is 0 Å². The number of anilines is 1. The van der Waals surface area contributed by atoms with E-state index in [1.165, 1.54) is 12.1 Å². The minimum atomic E-state index is -0.205. The fourth-order valence-corrected chi connectivity index (χ4v) is 3.14. The van der Waals surface area contributed by atoms with Crippen molar-refractivity contribution < 1.29 is 4.39 Å². The normalized spacial score (nSPS) is 16.6. The minimum absolute atomic E-state index is 0.205. The Hall–Kier alpha value is -1.53. The van der Waals surface area contributed by atoms with E-state index in [9.17, 15) is 4.39 Å². The van der Waals surface area contributed by atoms with Gasteiger partial charge in [-0.2, -0.15) is 0 Å². The lowest BCUT2D eigenvalue weighted by Gasteiger charge is -2.31. The fourth-order valence-electron chi connectivity index (χ4n) is 2.22. The largest absolute Gasteiger partial charge is 0.344 e. The van der Waals surface area contributed by atoms with E-state index in [-0.39, 0.29) is 5.82 Å². The standard InChI is InChI=1S/C14H17FN4S/c1-18-6-8-19(9-7-18)14-17-16-13(20-14)10-11-2-4-12(15)5-3-11/h2-5H,6-10H2,1H3. The molecule has 1 aromatic heterocycles. The molecule has 0 saturated carbocycles. The second kappa shape index (κ2) is 5.85. The van der Waals surface area contributed by atoms with Gasteiger partial charge in [-0.25, -0.2) is 4.39 Å². The number of nitrogens with zero attached hydrogens (tertiary/aromatic N) is 4. The maximum absolute atomic E-state index is 12.9. The van der Waals surface area contributed by atoms with Gasteiger partial charge in [-0.15, -0.1) is 10.2 Å². The van der Waals surface area contributed by atoms with Crippen molar-refractivity contribution in [3.8, 4) is 0 Å². The van der Waals surface area contributed by atoms with Gasteiger partial charge in [0.1, 0.15) is 10.8 Å². The molecule has 0 atom stereocenters. The Bertz CT molecular complexity index is 561. The van der Waals surface area contributed by atoms with Gasteiger partial charge in [0.2, 0.25) is 5.13 Å². The van der Waals surface area contributed by atoms with Crippen LogP contribution in [0.3, 0.4) is 0 Å². The van der Waals surface area contributed by atoms with Crippen LogP contribution in [-0.2, 0) is 6.42 Å². The molecule has 3 rings (SSSR count). The quantitative estimate of drug-likeness (QED) is 0.866. The van der Waals surface area contributed by atoms with Crippen LogP contribution in [0.1, 0.15) is 10.6 Å². The Morgan fingerprint density at radius 3 is 2.50 bits per heavy atom. The molecule has 0 N–H and O–H groups in total. The first-order valence-electron chi connectivity index (χ1n) is 6.71. The summed E-state index contributed by atoms with van der Waals surface area (Å²) in [5.41, 5.74) is 1.06. The van der Waals surface area contributed by atoms with Crippen molar-refractivity contribution in [2.75, 3.05) is 38.1 Å². The highest BCUT2D eigenvalue weighted by Gasteiger charge is 2.17. The smallest absolute Gasteiger partial charge is 0.208 e. The molecule has 106 valence electrons. The average molecular weight is 292 g/mol. The third-order valence-electron chi connectivity index (χ3n) is 3.50. The topological polar surface area (TPSA) is 32.3 Å². The highest BCUT2D eigenvalue weighted by atomic mass is 32.1. The van der Waals surface area contributed by atoms with Crippen LogP contribution in [0.25, 0.3) is 0 Å². The third kappa shape index (κ3) is 3.13. The second-order valence-electron chi connectivity index (χ2n) is 5.07. The van der Waals surface area contributed by atoms with Crippen LogP contribution in [-0.4, -0.2) is 48.3 Å². The van der Waals surface area contributed by atoms with Gasteiger partial charge in [0.05, 0.1) is 0 Å². The summed E-state index contributed by atoms with van der Waals surface area (Å²) in [6.07, 6.45) is 0.714. The van der Waals surface area contributed by atoms with Crippen molar-refractivity contribution in [2.24, 2.45) is 0 Å². The van der Waals surface area contributed by atoms with Gasteiger partial charge in [-0.3, -0.25) is 0 Å². The zero-order valence-electron chi connectivity index (χ0n) is 11.4. The molecule has 0 unspecified atom stereocenters. The predicted octanol–water partition coefficient (Wildman–Crippen LogP) is 2.02. The molecule has 1 aromatic carbocycles. The number of likely N-dealkylation sites (N-methyl/N-ethyl adjacent to an activating group) is 1. The summed E-state index contributed by atoms with van der Waals surface area (Å²) in [5.74, 6) is -0.205. The van der Waals surface area contributed by atoms with E-state index < -0.39 is 0 Å². The SMILES string of the molecule is CN1CCN(c2nnc(Cc3ccc(F)cc3)s2)CC1. The van der Waals surface area contributed by atoms with Crippen LogP contribution in [0.4, 0.5) is 9.52 Å². The number of halogens is 1. The number of benzene rings is 1. The molecular weight excluding hydrogens is 275 g/mol. The number of piperazine rings is 1. The summed E-state index contributed by atoms with van der Waals surface area (Å²) < 4.78 is 12.9. The van der Waals surface area contributed by atoms with E-state index in [2.05, 4.69) is 27.0 Å². The molecule has 1 fully saturated rings. The molecule has 2 aromatic rings. The lowest BCUT2D eigenvalue weighted by atomic mass is 10.2. The Kier molecular flexibility index (Phi) is 3.93. The second-order valence-corrected chi connectivity index (χ2v) is 6.11. The van der Waals surface area contributed by atoms with Gasteiger partial charge in [0, 0.05) is 32.6 Å². The van der Waals surface area contributed by atoms with Crippen molar-refractivity contribution in [1.29, 1.82) is 0 Å². The molecule has 2 heterocycles. The van der Waals surface area contributed by atoms with E-state index in [0.29, 0.717) is 6.42 Å². The Morgan fingerprint density at radius 1 is 1.10 bits per heavy atom. The Morgan fingerprint density at radius 2 is 1.80 bits per heavy atom. The number of aromatic nitrogens is 2. The molecular formula is C14H17FN4S. The first-order valence-corrected chi connectivity index (χ1v) is 7.53. The van der Waals surface area contributed by atoms with Crippen molar-refractivity contribution in [2.45, 2.75) is 6.42 Å². The molecule has 0 spiro atoms. The molecule has 0 radical (unpaired) electrons. The van der Waals surface area contributed by atoms with Crippen molar-refractivity contribution in [1.82, 2.24) is 15.1 Å². The minimum Gasteiger partial charge on any atom is -0.344 e. The lowest BCUT2D eigenvalue weighted by molar-refractivity contribution is 0.312. The molecule has 4 nitrogen and oxygen atoms in total. The average Bonchev–Trinajstić information content (AvgIpc) is 2.91. The van der Waals surface area contributed by atoms with E-state index in [1.807, 2.05) is 0 Å². The molecule has 0 amide bonds. The summed E-state index contributed by atoms with van der Waals surface area (Å²) in [6, 6.07) is 6.56.